The second-order valence-corrected chi connectivity index (χ2v) is 6.16. The minimum atomic E-state index is -2.92. The summed E-state index contributed by atoms with van der Waals surface area (Å²) in [5.74, 6) is -0.0591. The molecule has 0 atom stereocenters. The lowest BCUT2D eigenvalue weighted by Gasteiger charge is -2.09. The Morgan fingerprint density at radius 2 is 2.07 bits per heavy atom. The van der Waals surface area contributed by atoms with Crippen molar-refractivity contribution in [2.24, 2.45) is 5.73 Å². The number of carbonyl (C=O) groups is 1. The summed E-state index contributed by atoms with van der Waals surface area (Å²) in [5.41, 5.74) is 4.97. The quantitative estimate of drug-likeness (QED) is 0.583. The second kappa shape index (κ2) is 3.86. The van der Waals surface area contributed by atoms with Crippen LogP contribution in [0, 0.1) is 0 Å². The zero-order valence-electron chi connectivity index (χ0n) is 8.25. The molecule has 1 amide bonds. The molecule has 0 unspecified atom stereocenters. The lowest BCUT2D eigenvalue weighted by Crippen LogP contribution is -2.43. The predicted molar refractivity (Wildman–Crippen MR) is 53.5 cm³/mol. The highest BCUT2D eigenvalue weighted by molar-refractivity contribution is 7.90. The molecule has 1 saturated carbocycles. The molecule has 3 N–H and O–H groups in total. The van der Waals surface area contributed by atoms with E-state index in [1.807, 2.05) is 0 Å². The maximum absolute atomic E-state index is 11.3. The number of rotatable bonds is 5. The van der Waals surface area contributed by atoms with E-state index in [4.69, 9.17) is 5.73 Å². The van der Waals surface area contributed by atoms with E-state index < -0.39 is 15.4 Å². The van der Waals surface area contributed by atoms with Crippen LogP contribution < -0.4 is 11.1 Å². The van der Waals surface area contributed by atoms with Crippen LogP contribution in [0.1, 0.15) is 19.3 Å². The molecule has 0 aromatic carbocycles. The first kappa shape index (κ1) is 11.5. The Morgan fingerprint density at radius 1 is 1.50 bits per heavy atom. The Kier molecular flexibility index (Phi) is 3.16. The van der Waals surface area contributed by atoms with E-state index in [1.165, 1.54) is 6.26 Å². The standard InChI is InChI=1S/C8H16N2O3S/c1-14(12,13)6-2-5-10-7(11)8(9)3-4-8/h2-6,9H2,1H3,(H,10,11). The average Bonchev–Trinajstić information content (AvgIpc) is 2.76. The molecule has 1 fully saturated rings. The first-order chi connectivity index (χ1) is 6.33. The number of carbonyl (C=O) groups excluding carboxylic acids is 1. The van der Waals surface area contributed by atoms with Crippen LogP contribution in [0.2, 0.25) is 0 Å². The van der Waals surface area contributed by atoms with Crippen LogP contribution in [-0.4, -0.2) is 38.4 Å². The monoisotopic (exact) mass is 220 g/mol. The Hall–Kier alpha value is -0.620. The van der Waals surface area contributed by atoms with Crippen molar-refractivity contribution in [1.82, 2.24) is 5.32 Å². The van der Waals surface area contributed by atoms with Gasteiger partial charge in [-0.05, 0) is 19.3 Å². The molecule has 0 heterocycles. The molecular weight excluding hydrogens is 204 g/mol. The highest BCUT2D eigenvalue weighted by Crippen LogP contribution is 2.31. The lowest BCUT2D eigenvalue weighted by atomic mass is 10.3. The number of amides is 1. The van der Waals surface area contributed by atoms with Crippen molar-refractivity contribution in [3.63, 3.8) is 0 Å². The molecule has 6 heteroatoms. The van der Waals surface area contributed by atoms with Crippen molar-refractivity contribution in [3.8, 4) is 0 Å². The van der Waals surface area contributed by atoms with E-state index in [0.29, 0.717) is 13.0 Å². The Bertz CT molecular complexity index is 319. The summed E-state index contributed by atoms with van der Waals surface area (Å²) < 4.78 is 21.5. The minimum absolute atomic E-state index is 0.102. The zero-order chi connectivity index (χ0) is 10.8. The molecule has 0 aliphatic heterocycles. The van der Waals surface area contributed by atoms with E-state index in [1.54, 1.807) is 0 Å². The summed E-state index contributed by atoms with van der Waals surface area (Å²) in [4.78, 5) is 11.3. The van der Waals surface area contributed by atoms with Gasteiger partial charge < -0.3 is 11.1 Å². The molecule has 1 rings (SSSR count). The molecule has 0 bridgehead atoms. The van der Waals surface area contributed by atoms with E-state index in [2.05, 4.69) is 5.32 Å². The minimum Gasteiger partial charge on any atom is -0.354 e. The largest absolute Gasteiger partial charge is 0.354 e. The molecule has 5 nitrogen and oxygen atoms in total. The zero-order valence-corrected chi connectivity index (χ0v) is 9.06. The topological polar surface area (TPSA) is 89.3 Å². The van der Waals surface area contributed by atoms with E-state index >= 15 is 0 Å². The van der Waals surface area contributed by atoms with E-state index in [0.717, 1.165) is 12.8 Å². The van der Waals surface area contributed by atoms with Gasteiger partial charge in [0.15, 0.2) is 0 Å². The summed E-state index contributed by atoms with van der Waals surface area (Å²) in [6, 6.07) is 0. The normalized spacial score (nSPS) is 19.0. The molecule has 1 aliphatic carbocycles. The Labute approximate surface area is 84.0 Å². The molecule has 14 heavy (non-hydrogen) atoms. The van der Waals surface area contributed by atoms with Crippen molar-refractivity contribution in [3.05, 3.63) is 0 Å². The van der Waals surface area contributed by atoms with Gasteiger partial charge >= 0.3 is 0 Å². The van der Waals surface area contributed by atoms with Gasteiger partial charge in [-0.15, -0.1) is 0 Å². The lowest BCUT2D eigenvalue weighted by molar-refractivity contribution is -0.123. The third-order valence-corrected chi connectivity index (χ3v) is 3.25. The molecule has 0 saturated heterocycles. The van der Waals surface area contributed by atoms with Crippen molar-refractivity contribution in [2.75, 3.05) is 18.6 Å². The van der Waals surface area contributed by atoms with Crippen LogP contribution in [0.5, 0.6) is 0 Å². The Balaban J connectivity index is 2.13. The summed E-state index contributed by atoms with van der Waals surface area (Å²) in [6.45, 7) is 0.380. The third-order valence-electron chi connectivity index (χ3n) is 2.22. The third kappa shape index (κ3) is 3.63. The SMILES string of the molecule is CS(=O)(=O)CCCNC(=O)C1(N)CC1. The first-order valence-corrected chi connectivity index (χ1v) is 6.64. The van der Waals surface area contributed by atoms with Gasteiger partial charge in [0.2, 0.25) is 5.91 Å². The average molecular weight is 220 g/mol. The van der Waals surface area contributed by atoms with Crippen molar-refractivity contribution < 1.29 is 13.2 Å². The van der Waals surface area contributed by atoms with Crippen LogP contribution in [0.3, 0.4) is 0 Å². The first-order valence-electron chi connectivity index (χ1n) is 4.58. The van der Waals surface area contributed by atoms with Gasteiger partial charge in [0.05, 0.1) is 11.3 Å². The van der Waals surface area contributed by atoms with Gasteiger partial charge in [0.25, 0.3) is 0 Å². The van der Waals surface area contributed by atoms with Crippen LogP contribution >= 0.6 is 0 Å². The van der Waals surface area contributed by atoms with Gasteiger partial charge in [-0.25, -0.2) is 8.42 Å². The van der Waals surface area contributed by atoms with Crippen LogP contribution in [0.4, 0.5) is 0 Å². The van der Waals surface area contributed by atoms with Gasteiger partial charge in [0, 0.05) is 12.8 Å². The van der Waals surface area contributed by atoms with E-state index in [9.17, 15) is 13.2 Å². The molecular formula is C8H16N2O3S. The fourth-order valence-corrected chi connectivity index (χ4v) is 1.74. The maximum Gasteiger partial charge on any atom is 0.240 e. The van der Waals surface area contributed by atoms with Gasteiger partial charge in [0.1, 0.15) is 9.84 Å². The number of nitrogens with two attached hydrogens (primary N) is 1. The van der Waals surface area contributed by atoms with Gasteiger partial charge in [-0.3, -0.25) is 4.79 Å². The van der Waals surface area contributed by atoms with Gasteiger partial charge in [-0.1, -0.05) is 0 Å². The highest BCUT2D eigenvalue weighted by atomic mass is 32.2. The summed E-state index contributed by atoms with van der Waals surface area (Å²) in [5, 5.41) is 2.63. The van der Waals surface area contributed by atoms with E-state index in [-0.39, 0.29) is 11.7 Å². The van der Waals surface area contributed by atoms with Crippen molar-refractivity contribution in [1.29, 1.82) is 0 Å². The molecule has 82 valence electrons. The smallest absolute Gasteiger partial charge is 0.240 e. The summed E-state index contributed by atoms with van der Waals surface area (Å²) in [7, 11) is -2.92. The molecule has 0 aromatic heterocycles. The highest BCUT2D eigenvalue weighted by Gasteiger charge is 2.45. The second-order valence-electron chi connectivity index (χ2n) is 3.90. The number of hydrogen-bond donors (Lipinski definition) is 2. The van der Waals surface area contributed by atoms with Crippen molar-refractivity contribution >= 4 is 15.7 Å². The van der Waals surface area contributed by atoms with Gasteiger partial charge in [-0.2, -0.15) is 0 Å². The molecule has 0 radical (unpaired) electrons. The summed E-state index contributed by atoms with van der Waals surface area (Å²) >= 11 is 0. The van der Waals surface area contributed by atoms with Crippen LogP contribution in [-0.2, 0) is 14.6 Å². The Morgan fingerprint density at radius 3 is 2.50 bits per heavy atom. The number of nitrogens with one attached hydrogen (secondary N) is 1. The van der Waals surface area contributed by atoms with Crippen LogP contribution in [0.15, 0.2) is 0 Å². The van der Waals surface area contributed by atoms with Crippen molar-refractivity contribution in [2.45, 2.75) is 24.8 Å². The summed E-state index contributed by atoms with van der Waals surface area (Å²) in [6.07, 6.45) is 3.08. The van der Waals surface area contributed by atoms with Crippen LogP contribution in [0.25, 0.3) is 0 Å². The number of hydrogen-bond acceptors (Lipinski definition) is 4. The number of sulfone groups is 1. The maximum atomic E-state index is 11.3. The molecule has 1 aliphatic rings. The fraction of sp³-hybridized carbons (Fsp3) is 0.875. The fourth-order valence-electron chi connectivity index (χ4n) is 1.07. The molecule has 0 aromatic rings. The molecule has 0 spiro atoms. The predicted octanol–water partition coefficient (Wildman–Crippen LogP) is -0.971.